The van der Waals surface area contributed by atoms with Crippen LogP contribution in [0.5, 0.6) is 0 Å². The van der Waals surface area contributed by atoms with Gasteiger partial charge in [-0.05, 0) is 54.7 Å². The van der Waals surface area contributed by atoms with Crippen LogP contribution in [-0.4, -0.2) is 37.0 Å². The quantitative estimate of drug-likeness (QED) is 0.617. The number of methoxy groups -OCH3 is 1. The first-order valence-corrected chi connectivity index (χ1v) is 9.39. The average Bonchev–Trinajstić information content (AvgIpc) is 3.29. The number of carbonyl (C=O) groups is 2. The summed E-state index contributed by atoms with van der Waals surface area (Å²) in [4.78, 5) is 27.3. The van der Waals surface area contributed by atoms with E-state index in [2.05, 4.69) is 12.2 Å². The van der Waals surface area contributed by atoms with Gasteiger partial charge in [-0.2, -0.15) is 0 Å². The van der Waals surface area contributed by atoms with Gasteiger partial charge in [0.05, 0.1) is 18.9 Å². The maximum absolute atomic E-state index is 13.1. The molecule has 1 amide bonds. The molecule has 1 aromatic carbocycles. The van der Waals surface area contributed by atoms with Crippen molar-refractivity contribution in [3.63, 3.8) is 0 Å². The monoisotopic (exact) mass is 357 g/mol. The highest BCUT2D eigenvalue weighted by Gasteiger charge is 2.53. The molecule has 2 bridgehead atoms. The number of rotatable bonds is 3. The van der Waals surface area contributed by atoms with Gasteiger partial charge >= 0.3 is 5.97 Å². The van der Waals surface area contributed by atoms with E-state index in [1.807, 2.05) is 17.0 Å². The topological polar surface area (TPSA) is 46.6 Å². The molecule has 4 nitrogen and oxygen atoms in total. The summed E-state index contributed by atoms with van der Waals surface area (Å²) < 4.78 is 18.1. The van der Waals surface area contributed by atoms with Crippen LogP contribution in [0, 0.1) is 29.5 Å². The van der Waals surface area contributed by atoms with E-state index in [0.717, 1.165) is 24.8 Å². The first-order valence-electron chi connectivity index (χ1n) is 9.39. The molecule has 4 atom stereocenters. The number of benzene rings is 1. The molecule has 2 fully saturated rings. The van der Waals surface area contributed by atoms with Crippen molar-refractivity contribution < 1.29 is 18.7 Å². The molecule has 1 saturated heterocycles. The van der Waals surface area contributed by atoms with Gasteiger partial charge in [0.2, 0.25) is 5.91 Å². The van der Waals surface area contributed by atoms with Gasteiger partial charge in [0.1, 0.15) is 5.82 Å². The third-order valence-corrected chi connectivity index (χ3v) is 6.37. The fraction of sp³-hybridized carbons (Fsp3) is 0.524. The normalized spacial score (nSPS) is 30.6. The number of hydrogen-bond acceptors (Lipinski definition) is 3. The van der Waals surface area contributed by atoms with Crippen LogP contribution in [0.1, 0.15) is 30.7 Å². The fourth-order valence-corrected chi connectivity index (χ4v) is 5.00. The Kier molecular flexibility index (Phi) is 4.55. The Hall–Kier alpha value is -2.17. The minimum atomic E-state index is -0.336. The third kappa shape index (κ3) is 2.93. The second-order valence-electron chi connectivity index (χ2n) is 7.67. The smallest absolute Gasteiger partial charge is 0.310 e. The molecule has 5 heteroatoms. The largest absolute Gasteiger partial charge is 0.469 e. The molecule has 1 saturated carbocycles. The van der Waals surface area contributed by atoms with Gasteiger partial charge in [-0.1, -0.05) is 24.3 Å². The van der Waals surface area contributed by atoms with Gasteiger partial charge < -0.3 is 9.64 Å². The maximum atomic E-state index is 13.1. The number of esters is 1. The summed E-state index contributed by atoms with van der Waals surface area (Å²) in [6, 6.07) is 6.67. The van der Waals surface area contributed by atoms with Crippen LogP contribution in [-0.2, 0) is 14.3 Å². The van der Waals surface area contributed by atoms with Gasteiger partial charge in [-0.15, -0.1) is 0 Å². The molecule has 0 unspecified atom stereocenters. The molecule has 138 valence electrons. The summed E-state index contributed by atoms with van der Waals surface area (Å²) in [6.07, 6.45) is 6.78. The Balaban J connectivity index is 1.42. The van der Waals surface area contributed by atoms with Crippen LogP contribution in [0.2, 0.25) is 0 Å². The number of halogens is 1. The van der Waals surface area contributed by atoms with Crippen LogP contribution in [0.15, 0.2) is 36.4 Å². The van der Waals surface area contributed by atoms with E-state index in [4.69, 9.17) is 4.74 Å². The Morgan fingerprint density at radius 1 is 1.04 bits per heavy atom. The molecule has 0 radical (unpaired) electrons. The second-order valence-corrected chi connectivity index (χ2v) is 7.67. The Labute approximate surface area is 153 Å². The first-order chi connectivity index (χ1) is 12.6. The lowest BCUT2D eigenvalue weighted by Gasteiger charge is -2.36. The van der Waals surface area contributed by atoms with Gasteiger partial charge in [-0.25, -0.2) is 4.39 Å². The molecular formula is C21H24FNO3. The van der Waals surface area contributed by atoms with E-state index in [9.17, 15) is 14.0 Å². The SMILES string of the molecule is COC(=O)[C@@H]1[C@H](C(=O)N2CCC(c3ccc(F)cc3)CC2)[C@@H]2C=C[C@H]1C2. The Morgan fingerprint density at radius 3 is 2.27 bits per heavy atom. The molecule has 1 aromatic rings. The number of piperidine rings is 1. The highest BCUT2D eigenvalue weighted by Crippen LogP contribution is 2.49. The molecule has 2 aliphatic carbocycles. The molecule has 3 aliphatic rings. The number of hydrogen-bond donors (Lipinski definition) is 0. The molecule has 0 aromatic heterocycles. The van der Waals surface area contributed by atoms with Crippen molar-refractivity contribution in [2.75, 3.05) is 20.2 Å². The summed E-state index contributed by atoms with van der Waals surface area (Å²) in [6.45, 7) is 1.37. The van der Waals surface area contributed by atoms with Crippen molar-refractivity contribution in [1.29, 1.82) is 0 Å². The molecule has 4 rings (SSSR count). The molecule has 26 heavy (non-hydrogen) atoms. The predicted octanol–water partition coefficient (Wildman–Crippen LogP) is 3.14. The number of ether oxygens (including phenoxy) is 1. The van der Waals surface area contributed by atoms with E-state index in [-0.39, 0.29) is 41.4 Å². The van der Waals surface area contributed by atoms with Crippen molar-refractivity contribution in [2.24, 2.45) is 23.7 Å². The van der Waals surface area contributed by atoms with E-state index < -0.39 is 0 Å². The number of fused-ring (bicyclic) bond motifs is 2. The number of nitrogens with zero attached hydrogens (tertiary/aromatic N) is 1. The van der Waals surface area contributed by atoms with Crippen molar-refractivity contribution in [2.45, 2.75) is 25.2 Å². The lowest BCUT2D eigenvalue weighted by atomic mass is 9.81. The molecule has 1 heterocycles. The molecule has 1 aliphatic heterocycles. The van der Waals surface area contributed by atoms with Crippen LogP contribution in [0.4, 0.5) is 4.39 Å². The number of carbonyl (C=O) groups excluding carboxylic acids is 2. The van der Waals surface area contributed by atoms with Gasteiger partial charge in [0.25, 0.3) is 0 Å². The van der Waals surface area contributed by atoms with E-state index in [0.29, 0.717) is 19.0 Å². The maximum Gasteiger partial charge on any atom is 0.310 e. The van der Waals surface area contributed by atoms with Crippen molar-refractivity contribution in [3.05, 3.63) is 47.8 Å². The molecule has 0 spiro atoms. The molecule has 0 N–H and O–H groups in total. The lowest BCUT2D eigenvalue weighted by molar-refractivity contribution is -0.154. The van der Waals surface area contributed by atoms with Gasteiger partial charge in [-0.3, -0.25) is 9.59 Å². The fourth-order valence-electron chi connectivity index (χ4n) is 5.00. The van der Waals surface area contributed by atoms with Crippen molar-refractivity contribution in [1.82, 2.24) is 4.90 Å². The summed E-state index contributed by atoms with van der Waals surface area (Å²) in [5.41, 5.74) is 1.13. The summed E-state index contributed by atoms with van der Waals surface area (Å²) in [7, 11) is 1.40. The zero-order valence-electron chi connectivity index (χ0n) is 14.9. The number of allylic oxidation sites excluding steroid dienone is 2. The zero-order valence-corrected chi connectivity index (χ0v) is 14.9. The molecular weight excluding hydrogens is 333 g/mol. The highest BCUT2D eigenvalue weighted by molar-refractivity contribution is 5.87. The van der Waals surface area contributed by atoms with Gasteiger partial charge in [0, 0.05) is 13.1 Å². The first kappa shape index (κ1) is 17.3. The average molecular weight is 357 g/mol. The minimum Gasteiger partial charge on any atom is -0.469 e. The van der Waals surface area contributed by atoms with Gasteiger partial charge in [0.15, 0.2) is 0 Å². The Morgan fingerprint density at radius 2 is 1.65 bits per heavy atom. The second kappa shape index (κ2) is 6.86. The summed E-state index contributed by atoms with van der Waals surface area (Å²) in [5, 5.41) is 0. The van der Waals surface area contributed by atoms with Crippen molar-refractivity contribution in [3.8, 4) is 0 Å². The van der Waals surface area contributed by atoms with E-state index in [1.165, 1.54) is 19.2 Å². The van der Waals surface area contributed by atoms with Crippen molar-refractivity contribution >= 4 is 11.9 Å². The van der Waals surface area contributed by atoms with Crippen LogP contribution >= 0.6 is 0 Å². The highest BCUT2D eigenvalue weighted by atomic mass is 19.1. The van der Waals surface area contributed by atoms with Crippen LogP contribution < -0.4 is 0 Å². The summed E-state index contributed by atoms with van der Waals surface area (Å²) >= 11 is 0. The number of amides is 1. The van der Waals surface area contributed by atoms with Crippen LogP contribution in [0.3, 0.4) is 0 Å². The standard InChI is InChI=1S/C21H24FNO3/c1-26-21(25)19-16-3-2-15(12-16)18(19)20(24)23-10-8-14(9-11-23)13-4-6-17(22)7-5-13/h2-7,14-16,18-19H,8-12H2,1H3/t15-,16+,18-,19+/m1/s1. The predicted molar refractivity (Wildman–Crippen MR) is 94.7 cm³/mol. The van der Waals surface area contributed by atoms with E-state index in [1.54, 1.807) is 0 Å². The Bertz CT molecular complexity index is 721. The third-order valence-electron chi connectivity index (χ3n) is 6.37. The lowest BCUT2D eigenvalue weighted by Crippen LogP contribution is -2.46. The van der Waals surface area contributed by atoms with E-state index >= 15 is 0 Å². The summed E-state index contributed by atoms with van der Waals surface area (Å²) in [5.74, 6) is -0.353. The minimum absolute atomic E-state index is 0.0924. The van der Waals surface area contributed by atoms with Crippen LogP contribution in [0.25, 0.3) is 0 Å². The number of likely N-dealkylation sites (tertiary alicyclic amines) is 1. The zero-order chi connectivity index (χ0) is 18.3.